The monoisotopic (exact) mass is 326 g/mol. The standard InChI is InChI=1S/C16H26N2O5/c1-11(18-15(20)23-16(2,3)4)6-8-17-10-12-7-9-22-13(12)14(19)21-5/h7,9,11,17H,6,8,10H2,1-5H3,(H,18,20). The number of esters is 1. The maximum absolute atomic E-state index is 11.6. The second-order valence-electron chi connectivity index (χ2n) is 6.28. The fourth-order valence-corrected chi connectivity index (χ4v) is 1.87. The first kappa shape index (κ1) is 19.0. The van der Waals surface area contributed by atoms with Crippen LogP contribution in [0.4, 0.5) is 4.79 Å². The number of nitrogens with one attached hydrogen (secondary N) is 2. The zero-order valence-electron chi connectivity index (χ0n) is 14.4. The van der Waals surface area contributed by atoms with E-state index in [2.05, 4.69) is 15.4 Å². The highest BCUT2D eigenvalue weighted by atomic mass is 16.6. The minimum Gasteiger partial charge on any atom is -0.463 e. The van der Waals surface area contributed by atoms with E-state index >= 15 is 0 Å². The molecular weight excluding hydrogens is 300 g/mol. The highest BCUT2D eigenvalue weighted by molar-refractivity contribution is 5.87. The van der Waals surface area contributed by atoms with Crippen molar-refractivity contribution >= 4 is 12.1 Å². The van der Waals surface area contributed by atoms with Crippen molar-refractivity contribution in [2.75, 3.05) is 13.7 Å². The van der Waals surface area contributed by atoms with Crippen molar-refractivity contribution in [3.63, 3.8) is 0 Å². The molecule has 1 atom stereocenters. The van der Waals surface area contributed by atoms with Crippen molar-refractivity contribution in [1.29, 1.82) is 0 Å². The first-order valence-corrected chi connectivity index (χ1v) is 7.58. The molecule has 0 aromatic carbocycles. The van der Waals surface area contributed by atoms with Gasteiger partial charge in [0.05, 0.1) is 13.4 Å². The van der Waals surface area contributed by atoms with Crippen LogP contribution in [0.2, 0.25) is 0 Å². The van der Waals surface area contributed by atoms with Gasteiger partial charge in [0.1, 0.15) is 5.60 Å². The summed E-state index contributed by atoms with van der Waals surface area (Å²) in [5.41, 5.74) is 0.234. The molecule has 1 aromatic heterocycles. The molecule has 0 aliphatic heterocycles. The van der Waals surface area contributed by atoms with E-state index in [1.54, 1.807) is 6.07 Å². The fraction of sp³-hybridized carbons (Fsp3) is 0.625. The topological polar surface area (TPSA) is 89.8 Å². The first-order chi connectivity index (χ1) is 10.7. The number of hydrogen-bond donors (Lipinski definition) is 2. The molecule has 7 heteroatoms. The van der Waals surface area contributed by atoms with Gasteiger partial charge in [0, 0.05) is 18.2 Å². The van der Waals surface area contributed by atoms with Gasteiger partial charge < -0.3 is 24.5 Å². The summed E-state index contributed by atoms with van der Waals surface area (Å²) in [5, 5.41) is 5.97. The van der Waals surface area contributed by atoms with Gasteiger partial charge in [-0.3, -0.25) is 0 Å². The zero-order chi connectivity index (χ0) is 17.5. The van der Waals surface area contributed by atoms with Gasteiger partial charge in [-0.1, -0.05) is 0 Å². The Morgan fingerprint density at radius 2 is 2.04 bits per heavy atom. The minimum absolute atomic E-state index is 0.0261. The van der Waals surface area contributed by atoms with Crippen LogP contribution in [-0.4, -0.2) is 37.4 Å². The second kappa shape index (κ2) is 8.57. The quantitative estimate of drug-likeness (QED) is 0.591. The maximum atomic E-state index is 11.6. The van der Waals surface area contributed by atoms with Crippen LogP contribution in [0.1, 0.15) is 50.2 Å². The lowest BCUT2D eigenvalue weighted by molar-refractivity contribution is 0.0504. The number of alkyl carbamates (subject to hydrolysis) is 1. The van der Waals surface area contributed by atoms with Gasteiger partial charge in [0.15, 0.2) is 0 Å². The summed E-state index contributed by atoms with van der Waals surface area (Å²) in [7, 11) is 1.31. The van der Waals surface area contributed by atoms with Gasteiger partial charge in [-0.2, -0.15) is 0 Å². The Hall–Kier alpha value is -2.02. The van der Waals surface area contributed by atoms with Crippen LogP contribution in [-0.2, 0) is 16.0 Å². The molecule has 7 nitrogen and oxygen atoms in total. The smallest absolute Gasteiger partial charge is 0.407 e. The van der Waals surface area contributed by atoms with Crippen LogP contribution < -0.4 is 10.6 Å². The van der Waals surface area contributed by atoms with Crippen molar-refractivity contribution in [3.05, 3.63) is 23.7 Å². The van der Waals surface area contributed by atoms with Crippen LogP contribution in [0.15, 0.2) is 16.7 Å². The summed E-state index contributed by atoms with van der Waals surface area (Å²) in [6, 6.07) is 1.70. The number of amides is 1. The van der Waals surface area contributed by atoms with Gasteiger partial charge in [0.2, 0.25) is 5.76 Å². The lowest BCUT2D eigenvalue weighted by Gasteiger charge is -2.22. The van der Waals surface area contributed by atoms with E-state index in [9.17, 15) is 9.59 Å². The van der Waals surface area contributed by atoms with Crippen molar-refractivity contribution < 1.29 is 23.5 Å². The molecule has 1 aromatic rings. The molecule has 0 bridgehead atoms. The number of ether oxygens (including phenoxy) is 2. The molecule has 0 saturated heterocycles. The molecule has 0 fully saturated rings. The highest BCUT2D eigenvalue weighted by Gasteiger charge is 2.18. The van der Waals surface area contributed by atoms with Gasteiger partial charge in [-0.25, -0.2) is 9.59 Å². The third kappa shape index (κ3) is 7.19. The van der Waals surface area contributed by atoms with Crippen molar-refractivity contribution in [3.8, 4) is 0 Å². The molecule has 0 aliphatic rings. The van der Waals surface area contributed by atoms with E-state index in [1.165, 1.54) is 13.4 Å². The Morgan fingerprint density at radius 1 is 1.35 bits per heavy atom. The second-order valence-corrected chi connectivity index (χ2v) is 6.28. The normalized spacial score (nSPS) is 12.6. The van der Waals surface area contributed by atoms with Gasteiger partial charge in [-0.05, 0) is 46.7 Å². The molecule has 0 aliphatic carbocycles. The van der Waals surface area contributed by atoms with Crippen molar-refractivity contribution in [2.45, 2.75) is 52.3 Å². The number of methoxy groups -OCH3 is 1. The Bertz CT molecular complexity index is 519. The van der Waals surface area contributed by atoms with E-state index in [1.807, 2.05) is 27.7 Å². The average Bonchev–Trinajstić information content (AvgIpc) is 2.88. The molecule has 2 N–H and O–H groups in total. The SMILES string of the molecule is COC(=O)c1occc1CNCCC(C)NC(=O)OC(C)(C)C. The van der Waals surface area contributed by atoms with E-state index in [0.29, 0.717) is 13.1 Å². The molecular formula is C16H26N2O5. The summed E-state index contributed by atoms with van der Waals surface area (Å²) in [5.74, 6) is -0.285. The molecule has 1 amide bonds. The predicted molar refractivity (Wildman–Crippen MR) is 85.2 cm³/mol. The molecule has 23 heavy (non-hydrogen) atoms. The lowest BCUT2D eigenvalue weighted by atomic mass is 10.2. The molecule has 0 spiro atoms. The fourth-order valence-electron chi connectivity index (χ4n) is 1.87. The van der Waals surface area contributed by atoms with Crippen LogP contribution in [0.5, 0.6) is 0 Å². The van der Waals surface area contributed by atoms with E-state index < -0.39 is 17.7 Å². The van der Waals surface area contributed by atoms with Gasteiger partial charge in [0.25, 0.3) is 0 Å². The lowest BCUT2D eigenvalue weighted by Crippen LogP contribution is -2.38. The van der Waals surface area contributed by atoms with E-state index in [4.69, 9.17) is 9.15 Å². The largest absolute Gasteiger partial charge is 0.463 e. The number of carbonyl (C=O) groups excluding carboxylic acids is 2. The predicted octanol–water partition coefficient (Wildman–Crippen LogP) is 2.46. The average molecular weight is 326 g/mol. The Morgan fingerprint density at radius 3 is 2.65 bits per heavy atom. The highest BCUT2D eigenvalue weighted by Crippen LogP contribution is 2.11. The Labute approximate surface area is 136 Å². The third-order valence-electron chi connectivity index (χ3n) is 2.95. The zero-order valence-corrected chi connectivity index (χ0v) is 14.4. The summed E-state index contributed by atoms with van der Waals surface area (Å²) in [4.78, 5) is 23.1. The number of rotatable bonds is 7. The Balaban J connectivity index is 2.28. The minimum atomic E-state index is -0.506. The van der Waals surface area contributed by atoms with Crippen molar-refractivity contribution in [2.24, 2.45) is 0 Å². The molecule has 130 valence electrons. The number of furan rings is 1. The number of carbonyl (C=O) groups is 2. The molecule has 0 saturated carbocycles. The molecule has 1 heterocycles. The van der Waals surface area contributed by atoms with E-state index in [0.717, 1.165) is 12.0 Å². The van der Waals surface area contributed by atoms with Crippen LogP contribution in [0.3, 0.4) is 0 Å². The molecule has 0 radical (unpaired) electrons. The number of hydrogen-bond acceptors (Lipinski definition) is 6. The summed E-state index contributed by atoms with van der Waals surface area (Å²) < 4.78 is 14.9. The summed E-state index contributed by atoms with van der Waals surface area (Å²) in [6.45, 7) is 8.53. The van der Waals surface area contributed by atoms with Crippen LogP contribution in [0.25, 0.3) is 0 Å². The van der Waals surface area contributed by atoms with Gasteiger partial charge in [-0.15, -0.1) is 0 Å². The molecule has 1 unspecified atom stereocenters. The van der Waals surface area contributed by atoms with Crippen molar-refractivity contribution in [1.82, 2.24) is 10.6 Å². The third-order valence-corrected chi connectivity index (χ3v) is 2.95. The van der Waals surface area contributed by atoms with E-state index in [-0.39, 0.29) is 11.8 Å². The Kier molecular flexibility index (Phi) is 7.09. The first-order valence-electron chi connectivity index (χ1n) is 7.58. The summed E-state index contributed by atoms with van der Waals surface area (Å²) >= 11 is 0. The van der Waals surface area contributed by atoms with Crippen LogP contribution >= 0.6 is 0 Å². The molecule has 1 rings (SSSR count). The van der Waals surface area contributed by atoms with Crippen LogP contribution in [0, 0.1) is 0 Å². The maximum Gasteiger partial charge on any atom is 0.407 e. The van der Waals surface area contributed by atoms with Gasteiger partial charge >= 0.3 is 12.1 Å². The summed E-state index contributed by atoms with van der Waals surface area (Å²) in [6.07, 6.45) is 1.76.